The van der Waals surface area contributed by atoms with E-state index in [0.29, 0.717) is 0 Å². The maximum absolute atomic E-state index is 12.3. The number of nitrogens with one attached hydrogen (secondary N) is 2. The Kier molecular flexibility index (Phi) is 8.81. The molecule has 0 heterocycles. The topological polar surface area (TPSA) is 101 Å². The molecular weight excluding hydrogens is 342 g/mol. The molecule has 3 amide bonds. The Hall–Kier alpha value is -2.37. The van der Waals surface area contributed by atoms with Crippen LogP contribution in [0.2, 0.25) is 0 Å². The molecule has 0 radical (unpaired) electrons. The van der Waals surface area contributed by atoms with Gasteiger partial charge in [-0.05, 0) is 25.0 Å². The quantitative estimate of drug-likeness (QED) is 0.707. The molecule has 1 fully saturated rings. The van der Waals surface area contributed by atoms with Crippen molar-refractivity contribution < 1.29 is 14.4 Å². The highest BCUT2D eigenvalue weighted by atomic mass is 16.2. The van der Waals surface area contributed by atoms with Crippen LogP contribution in [0.15, 0.2) is 24.3 Å². The van der Waals surface area contributed by atoms with Gasteiger partial charge in [0.15, 0.2) is 0 Å². The number of primary amides is 1. The number of amides is 3. The van der Waals surface area contributed by atoms with Crippen molar-refractivity contribution in [2.75, 3.05) is 5.32 Å². The molecule has 1 saturated carbocycles. The first-order valence-electron chi connectivity index (χ1n) is 10.1. The van der Waals surface area contributed by atoms with Gasteiger partial charge in [-0.2, -0.15) is 0 Å². The maximum Gasteiger partial charge on any atom is 0.313 e. The largest absolute Gasteiger partial charge is 0.366 e. The van der Waals surface area contributed by atoms with Crippen LogP contribution in [-0.2, 0) is 9.59 Å². The number of nitrogens with two attached hydrogens (primary N) is 1. The average Bonchev–Trinajstić information content (AvgIpc) is 2.64. The minimum Gasteiger partial charge on any atom is -0.366 e. The fraction of sp³-hybridized carbons (Fsp3) is 0.571. The minimum absolute atomic E-state index is 0.0223. The van der Waals surface area contributed by atoms with E-state index in [1.54, 1.807) is 18.2 Å². The van der Waals surface area contributed by atoms with Crippen molar-refractivity contribution >= 4 is 23.4 Å². The monoisotopic (exact) mass is 373 g/mol. The first kappa shape index (κ1) is 20.9. The molecule has 0 saturated heterocycles. The summed E-state index contributed by atoms with van der Waals surface area (Å²) < 4.78 is 0. The first-order chi connectivity index (χ1) is 13.1. The predicted octanol–water partition coefficient (Wildman–Crippen LogP) is 3.51. The van der Waals surface area contributed by atoms with Crippen molar-refractivity contribution in [2.24, 2.45) is 5.73 Å². The molecule has 2 rings (SSSR count). The Morgan fingerprint density at radius 2 is 1.30 bits per heavy atom. The molecule has 6 heteroatoms. The van der Waals surface area contributed by atoms with Gasteiger partial charge in [-0.3, -0.25) is 14.4 Å². The summed E-state index contributed by atoms with van der Waals surface area (Å²) in [5.41, 5.74) is 5.75. The zero-order valence-corrected chi connectivity index (χ0v) is 16.0. The zero-order chi connectivity index (χ0) is 19.5. The van der Waals surface area contributed by atoms with E-state index in [4.69, 9.17) is 5.73 Å². The second kappa shape index (κ2) is 11.4. The summed E-state index contributed by atoms with van der Waals surface area (Å²) >= 11 is 0. The summed E-state index contributed by atoms with van der Waals surface area (Å²) in [6, 6.07) is 6.42. The van der Waals surface area contributed by atoms with Crippen molar-refractivity contribution in [2.45, 2.75) is 76.7 Å². The van der Waals surface area contributed by atoms with Crippen LogP contribution in [-0.4, -0.2) is 23.8 Å². The molecule has 0 aromatic heterocycles. The van der Waals surface area contributed by atoms with Crippen molar-refractivity contribution in [3.8, 4) is 0 Å². The standard InChI is InChI=1S/C21H31N3O3/c22-19(25)17-14-10-11-15-18(17)24-21(27)20(26)23-16-12-8-6-4-2-1-3-5-7-9-13-16/h10-11,14-16H,1-9,12-13H2,(H2,22,25)(H,23,26)(H,24,27). The fourth-order valence-electron chi connectivity index (χ4n) is 3.54. The predicted molar refractivity (Wildman–Crippen MR) is 106 cm³/mol. The van der Waals surface area contributed by atoms with Crippen LogP contribution in [0.5, 0.6) is 0 Å². The number of benzene rings is 1. The molecular formula is C21H31N3O3. The van der Waals surface area contributed by atoms with Crippen molar-refractivity contribution in [3.05, 3.63) is 29.8 Å². The van der Waals surface area contributed by atoms with Crippen LogP contribution in [0.4, 0.5) is 5.69 Å². The second-order valence-corrected chi connectivity index (χ2v) is 7.29. The summed E-state index contributed by atoms with van der Waals surface area (Å²) in [5.74, 6) is -2.08. The van der Waals surface area contributed by atoms with Crippen LogP contribution in [0, 0.1) is 0 Å². The molecule has 0 unspecified atom stereocenters. The van der Waals surface area contributed by atoms with Gasteiger partial charge in [-0.25, -0.2) is 0 Å². The van der Waals surface area contributed by atoms with Gasteiger partial charge in [0, 0.05) is 6.04 Å². The lowest BCUT2D eigenvalue weighted by Gasteiger charge is -2.19. The smallest absolute Gasteiger partial charge is 0.313 e. The number of hydrogen-bond acceptors (Lipinski definition) is 3. The van der Waals surface area contributed by atoms with Crippen molar-refractivity contribution in [3.63, 3.8) is 0 Å². The molecule has 4 N–H and O–H groups in total. The molecule has 0 spiro atoms. The van der Waals surface area contributed by atoms with Gasteiger partial charge in [0.2, 0.25) is 0 Å². The second-order valence-electron chi connectivity index (χ2n) is 7.29. The molecule has 0 bridgehead atoms. The number of rotatable bonds is 3. The molecule has 0 atom stereocenters. The van der Waals surface area contributed by atoms with E-state index < -0.39 is 17.7 Å². The molecule has 1 aliphatic rings. The van der Waals surface area contributed by atoms with Crippen LogP contribution >= 0.6 is 0 Å². The summed E-state index contributed by atoms with van der Waals surface area (Å²) in [5, 5.41) is 5.37. The average molecular weight is 373 g/mol. The van der Waals surface area contributed by atoms with E-state index in [2.05, 4.69) is 10.6 Å². The van der Waals surface area contributed by atoms with Crippen LogP contribution < -0.4 is 16.4 Å². The summed E-state index contributed by atoms with van der Waals surface area (Å²) in [6.07, 6.45) is 12.7. The third-order valence-electron chi connectivity index (χ3n) is 5.09. The van der Waals surface area contributed by atoms with Gasteiger partial charge in [-0.1, -0.05) is 69.9 Å². The third kappa shape index (κ3) is 7.41. The summed E-state index contributed by atoms with van der Waals surface area (Å²) in [4.78, 5) is 36.0. The SMILES string of the molecule is NC(=O)c1ccccc1NC(=O)C(=O)NC1CCCCCCCCCCC1. The zero-order valence-electron chi connectivity index (χ0n) is 16.0. The van der Waals surface area contributed by atoms with E-state index in [1.165, 1.54) is 51.0 Å². The van der Waals surface area contributed by atoms with Gasteiger partial charge < -0.3 is 16.4 Å². The minimum atomic E-state index is -0.769. The van der Waals surface area contributed by atoms with Gasteiger partial charge in [-0.15, -0.1) is 0 Å². The third-order valence-corrected chi connectivity index (χ3v) is 5.09. The lowest BCUT2D eigenvalue weighted by molar-refractivity contribution is -0.136. The number of hydrogen-bond donors (Lipinski definition) is 3. The van der Waals surface area contributed by atoms with Crippen LogP contribution in [0.3, 0.4) is 0 Å². The molecule has 148 valence electrons. The summed E-state index contributed by atoms with van der Waals surface area (Å²) in [6.45, 7) is 0. The van der Waals surface area contributed by atoms with Crippen LogP contribution in [0.25, 0.3) is 0 Å². The Morgan fingerprint density at radius 3 is 1.85 bits per heavy atom. The van der Waals surface area contributed by atoms with Crippen molar-refractivity contribution in [1.82, 2.24) is 5.32 Å². The fourth-order valence-corrected chi connectivity index (χ4v) is 3.54. The molecule has 1 aliphatic carbocycles. The highest BCUT2D eigenvalue weighted by molar-refractivity contribution is 6.40. The Morgan fingerprint density at radius 1 is 0.778 bits per heavy atom. The van der Waals surface area contributed by atoms with Gasteiger partial charge >= 0.3 is 11.8 Å². The van der Waals surface area contributed by atoms with E-state index in [0.717, 1.165) is 25.7 Å². The Balaban J connectivity index is 1.91. The number of para-hydroxylation sites is 1. The Labute approximate surface area is 161 Å². The molecule has 1 aromatic rings. The lowest BCUT2D eigenvalue weighted by atomic mass is 9.98. The number of carbonyl (C=O) groups is 3. The van der Waals surface area contributed by atoms with Crippen molar-refractivity contribution in [1.29, 1.82) is 0 Å². The van der Waals surface area contributed by atoms with E-state index in [-0.39, 0.29) is 17.3 Å². The van der Waals surface area contributed by atoms with Gasteiger partial charge in [0.05, 0.1) is 11.3 Å². The lowest BCUT2D eigenvalue weighted by Crippen LogP contribution is -2.42. The van der Waals surface area contributed by atoms with Gasteiger partial charge in [0.25, 0.3) is 5.91 Å². The van der Waals surface area contributed by atoms with E-state index in [9.17, 15) is 14.4 Å². The van der Waals surface area contributed by atoms with Gasteiger partial charge in [0.1, 0.15) is 0 Å². The summed E-state index contributed by atoms with van der Waals surface area (Å²) in [7, 11) is 0. The molecule has 27 heavy (non-hydrogen) atoms. The normalized spacial score (nSPS) is 17.2. The van der Waals surface area contributed by atoms with E-state index in [1.807, 2.05) is 0 Å². The molecule has 6 nitrogen and oxygen atoms in total. The molecule has 1 aromatic carbocycles. The van der Waals surface area contributed by atoms with E-state index >= 15 is 0 Å². The first-order valence-corrected chi connectivity index (χ1v) is 10.1. The number of carbonyl (C=O) groups excluding carboxylic acids is 3. The molecule has 0 aliphatic heterocycles. The number of anilines is 1. The maximum atomic E-state index is 12.3. The Bertz CT molecular complexity index is 633. The van der Waals surface area contributed by atoms with Crippen LogP contribution in [0.1, 0.15) is 81.0 Å². The highest BCUT2D eigenvalue weighted by Gasteiger charge is 2.20. The highest BCUT2D eigenvalue weighted by Crippen LogP contribution is 2.17.